The smallest absolute Gasteiger partial charge is 0.255 e. The minimum Gasteiger partial charge on any atom is -0.497 e. The van der Waals surface area contributed by atoms with Crippen molar-refractivity contribution >= 4 is 5.91 Å². The summed E-state index contributed by atoms with van der Waals surface area (Å²) in [6, 6.07) is 3.78. The zero-order chi connectivity index (χ0) is 11.7. The van der Waals surface area contributed by atoms with Crippen LogP contribution in [0.1, 0.15) is 22.8 Å². The van der Waals surface area contributed by atoms with E-state index in [2.05, 4.69) is 5.32 Å². The molecule has 0 saturated carbocycles. The van der Waals surface area contributed by atoms with Crippen molar-refractivity contribution in [2.75, 3.05) is 14.2 Å². The van der Waals surface area contributed by atoms with Gasteiger partial charge in [-0.05, 0) is 25.0 Å². The maximum atomic E-state index is 11.8. The van der Waals surface area contributed by atoms with Crippen LogP contribution >= 0.6 is 0 Å². The maximum Gasteiger partial charge on any atom is 0.255 e. The number of benzene rings is 1. The monoisotopic (exact) mass is 221 g/mol. The zero-order valence-electron chi connectivity index (χ0n) is 9.66. The normalized spacial score (nSPS) is 18.7. The molecule has 4 nitrogen and oxygen atoms in total. The first-order valence-electron chi connectivity index (χ1n) is 5.21. The molecule has 1 aromatic rings. The minimum absolute atomic E-state index is 0.0757. The van der Waals surface area contributed by atoms with E-state index in [1.54, 1.807) is 20.3 Å². The highest BCUT2D eigenvalue weighted by atomic mass is 16.5. The van der Waals surface area contributed by atoms with Gasteiger partial charge in [-0.3, -0.25) is 4.79 Å². The van der Waals surface area contributed by atoms with E-state index in [-0.39, 0.29) is 11.9 Å². The standard InChI is InChI=1S/C12H15NO3/c1-7-4-8-5-9(15-2)6-10(16-3)11(8)12(14)13-7/h5-7H,4H2,1-3H3,(H,13,14). The Balaban J connectivity index is 2.56. The molecule has 0 radical (unpaired) electrons. The molecule has 1 atom stereocenters. The maximum absolute atomic E-state index is 11.8. The first kappa shape index (κ1) is 10.8. The van der Waals surface area contributed by atoms with Crippen LogP contribution in [0.4, 0.5) is 0 Å². The number of hydrogen-bond acceptors (Lipinski definition) is 3. The number of rotatable bonds is 2. The summed E-state index contributed by atoms with van der Waals surface area (Å²) in [6.45, 7) is 1.98. The van der Waals surface area contributed by atoms with Crippen molar-refractivity contribution < 1.29 is 14.3 Å². The second-order valence-corrected chi connectivity index (χ2v) is 3.94. The third-order valence-electron chi connectivity index (χ3n) is 2.74. The molecule has 1 N–H and O–H groups in total. The lowest BCUT2D eigenvalue weighted by Crippen LogP contribution is -2.39. The molecule has 0 spiro atoms. The molecule has 1 unspecified atom stereocenters. The van der Waals surface area contributed by atoms with E-state index in [0.717, 1.165) is 17.7 Å². The fourth-order valence-corrected chi connectivity index (χ4v) is 2.02. The van der Waals surface area contributed by atoms with Gasteiger partial charge in [-0.25, -0.2) is 0 Å². The average molecular weight is 221 g/mol. The summed E-state index contributed by atoms with van der Waals surface area (Å²) in [5.41, 5.74) is 1.61. The number of methoxy groups -OCH3 is 2. The molecule has 1 amide bonds. The number of amides is 1. The molecule has 1 aliphatic heterocycles. The molecule has 16 heavy (non-hydrogen) atoms. The summed E-state index contributed by atoms with van der Waals surface area (Å²) in [5.74, 6) is 1.21. The largest absolute Gasteiger partial charge is 0.497 e. The lowest BCUT2D eigenvalue weighted by atomic mass is 9.95. The van der Waals surface area contributed by atoms with Crippen LogP contribution in [0.15, 0.2) is 12.1 Å². The van der Waals surface area contributed by atoms with Crippen molar-refractivity contribution in [3.05, 3.63) is 23.3 Å². The van der Waals surface area contributed by atoms with Crippen molar-refractivity contribution in [2.24, 2.45) is 0 Å². The van der Waals surface area contributed by atoms with Crippen LogP contribution in [0.3, 0.4) is 0 Å². The van der Waals surface area contributed by atoms with Gasteiger partial charge in [0.15, 0.2) is 0 Å². The lowest BCUT2D eigenvalue weighted by Gasteiger charge is -2.24. The van der Waals surface area contributed by atoms with Crippen molar-refractivity contribution in [1.82, 2.24) is 5.32 Å². The predicted molar refractivity (Wildman–Crippen MR) is 60.2 cm³/mol. The SMILES string of the molecule is COc1cc2c(c(OC)c1)C(=O)NC(C)C2. The van der Waals surface area contributed by atoms with Crippen LogP contribution in [-0.2, 0) is 6.42 Å². The minimum atomic E-state index is -0.0757. The van der Waals surface area contributed by atoms with Crippen molar-refractivity contribution in [3.63, 3.8) is 0 Å². The summed E-state index contributed by atoms with van der Waals surface area (Å²) in [5, 5.41) is 2.89. The molecular weight excluding hydrogens is 206 g/mol. The van der Waals surface area contributed by atoms with Gasteiger partial charge in [0.2, 0.25) is 0 Å². The van der Waals surface area contributed by atoms with Crippen LogP contribution in [0.5, 0.6) is 11.5 Å². The molecule has 86 valence electrons. The fourth-order valence-electron chi connectivity index (χ4n) is 2.02. The number of nitrogens with one attached hydrogen (secondary N) is 1. The molecule has 1 heterocycles. The number of carbonyl (C=O) groups excluding carboxylic acids is 1. The average Bonchev–Trinajstić information content (AvgIpc) is 2.26. The molecule has 0 saturated heterocycles. The molecule has 0 fully saturated rings. The van der Waals surface area contributed by atoms with Gasteiger partial charge >= 0.3 is 0 Å². The van der Waals surface area contributed by atoms with E-state index in [9.17, 15) is 4.79 Å². The molecule has 0 bridgehead atoms. The van der Waals surface area contributed by atoms with Gasteiger partial charge in [-0.2, -0.15) is 0 Å². The van der Waals surface area contributed by atoms with Crippen molar-refractivity contribution in [3.8, 4) is 11.5 Å². The highest BCUT2D eigenvalue weighted by Crippen LogP contribution is 2.31. The van der Waals surface area contributed by atoms with Gasteiger partial charge in [0, 0.05) is 12.1 Å². The van der Waals surface area contributed by atoms with E-state index >= 15 is 0 Å². The highest BCUT2D eigenvalue weighted by molar-refractivity contribution is 6.00. The van der Waals surface area contributed by atoms with E-state index in [1.165, 1.54) is 0 Å². The van der Waals surface area contributed by atoms with Crippen LogP contribution in [-0.4, -0.2) is 26.2 Å². The first-order chi connectivity index (χ1) is 7.65. The summed E-state index contributed by atoms with van der Waals surface area (Å²) >= 11 is 0. The summed E-state index contributed by atoms with van der Waals surface area (Å²) in [6.07, 6.45) is 0.800. The van der Waals surface area contributed by atoms with E-state index in [4.69, 9.17) is 9.47 Å². The van der Waals surface area contributed by atoms with E-state index in [1.807, 2.05) is 13.0 Å². The second kappa shape index (κ2) is 4.04. The Labute approximate surface area is 94.6 Å². The summed E-state index contributed by atoms with van der Waals surface area (Å²) in [4.78, 5) is 11.8. The Kier molecular flexibility index (Phi) is 2.73. The molecule has 1 aromatic carbocycles. The third kappa shape index (κ3) is 1.71. The zero-order valence-corrected chi connectivity index (χ0v) is 9.66. The number of ether oxygens (including phenoxy) is 2. The van der Waals surface area contributed by atoms with Gasteiger partial charge < -0.3 is 14.8 Å². The van der Waals surface area contributed by atoms with Crippen molar-refractivity contribution in [1.29, 1.82) is 0 Å². The number of hydrogen-bond donors (Lipinski definition) is 1. The first-order valence-corrected chi connectivity index (χ1v) is 5.21. The van der Waals surface area contributed by atoms with Crippen LogP contribution < -0.4 is 14.8 Å². The summed E-state index contributed by atoms with van der Waals surface area (Å²) < 4.78 is 10.4. The number of carbonyl (C=O) groups is 1. The predicted octanol–water partition coefficient (Wildman–Crippen LogP) is 1.38. The Morgan fingerprint density at radius 3 is 2.69 bits per heavy atom. The van der Waals surface area contributed by atoms with E-state index < -0.39 is 0 Å². The van der Waals surface area contributed by atoms with Crippen molar-refractivity contribution in [2.45, 2.75) is 19.4 Å². The quantitative estimate of drug-likeness (QED) is 0.820. The van der Waals surface area contributed by atoms with Crippen LogP contribution in [0.25, 0.3) is 0 Å². The number of fused-ring (bicyclic) bond motifs is 1. The highest BCUT2D eigenvalue weighted by Gasteiger charge is 2.25. The van der Waals surface area contributed by atoms with Gasteiger partial charge in [0.25, 0.3) is 5.91 Å². The molecular formula is C12H15NO3. The Morgan fingerprint density at radius 1 is 1.31 bits per heavy atom. The van der Waals surface area contributed by atoms with Gasteiger partial charge in [-0.15, -0.1) is 0 Å². The summed E-state index contributed by atoms with van der Waals surface area (Å²) in [7, 11) is 3.16. The molecule has 2 rings (SSSR count). The molecule has 0 aliphatic carbocycles. The second-order valence-electron chi connectivity index (χ2n) is 3.94. The van der Waals surface area contributed by atoms with E-state index in [0.29, 0.717) is 11.3 Å². The topological polar surface area (TPSA) is 47.6 Å². The Morgan fingerprint density at radius 2 is 2.06 bits per heavy atom. The van der Waals surface area contributed by atoms with Crippen LogP contribution in [0, 0.1) is 0 Å². The Bertz CT molecular complexity index is 429. The third-order valence-corrected chi connectivity index (χ3v) is 2.74. The molecule has 0 aromatic heterocycles. The van der Waals surface area contributed by atoms with Gasteiger partial charge in [-0.1, -0.05) is 0 Å². The Hall–Kier alpha value is -1.71. The van der Waals surface area contributed by atoms with Gasteiger partial charge in [0.1, 0.15) is 11.5 Å². The van der Waals surface area contributed by atoms with Crippen LogP contribution in [0.2, 0.25) is 0 Å². The molecule has 4 heteroatoms. The fraction of sp³-hybridized carbons (Fsp3) is 0.417. The van der Waals surface area contributed by atoms with Gasteiger partial charge in [0.05, 0.1) is 19.8 Å². The molecule has 1 aliphatic rings. The lowest BCUT2D eigenvalue weighted by molar-refractivity contribution is 0.0925.